The maximum absolute atomic E-state index is 11.4. The molecule has 0 aliphatic carbocycles. The van der Waals surface area contributed by atoms with Crippen LogP contribution in [0.2, 0.25) is 5.02 Å². The van der Waals surface area contributed by atoms with Gasteiger partial charge >= 0.3 is 0 Å². The van der Waals surface area contributed by atoms with Gasteiger partial charge in [0.1, 0.15) is 0 Å². The lowest BCUT2D eigenvalue weighted by atomic mass is 10.1. The van der Waals surface area contributed by atoms with Crippen molar-refractivity contribution in [1.29, 1.82) is 0 Å². The molecule has 1 heterocycles. The molecule has 0 N–H and O–H groups in total. The second kappa shape index (κ2) is 7.79. The molecule has 0 spiro atoms. The fourth-order valence-corrected chi connectivity index (χ4v) is 4.14. The number of carbonyl (C=O) groups is 1. The largest absolute Gasteiger partial charge is 0.295 e. The molecule has 0 radical (unpaired) electrons. The molecule has 2 aromatic carbocycles. The highest BCUT2D eigenvalue weighted by Crippen LogP contribution is 2.33. The summed E-state index contributed by atoms with van der Waals surface area (Å²) in [5, 5.41) is 0.742. The smallest absolute Gasteiger partial charge is 0.159 e. The van der Waals surface area contributed by atoms with Gasteiger partial charge in [-0.1, -0.05) is 35.5 Å². The first-order chi connectivity index (χ1) is 11.6. The lowest BCUT2D eigenvalue weighted by Crippen LogP contribution is -1.89. The summed E-state index contributed by atoms with van der Waals surface area (Å²) in [4.78, 5) is 18.1. The number of Topliss-reactive ketones (excluding diaryl/α,β-unsaturated/α-hetero) is 1. The Kier molecular flexibility index (Phi) is 5.51. The quantitative estimate of drug-likeness (QED) is 0.378. The first-order valence-corrected chi connectivity index (χ1v) is 9.29. The van der Waals surface area contributed by atoms with Crippen LogP contribution in [0.4, 0.5) is 5.69 Å². The number of nitrogens with zero attached hydrogens (tertiary/aromatic N) is 1. The van der Waals surface area contributed by atoms with Crippen LogP contribution >= 0.6 is 34.7 Å². The van der Waals surface area contributed by atoms with Gasteiger partial charge in [-0.05, 0) is 55.5 Å². The second-order valence-corrected chi connectivity index (χ2v) is 8.00. The normalized spacial score (nSPS) is 11.1. The molecule has 3 rings (SSSR count). The molecular formula is C19H14ClNOS2. The second-order valence-electron chi connectivity index (χ2n) is 5.08. The molecule has 0 bridgehead atoms. The van der Waals surface area contributed by atoms with Crippen molar-refractivity contribution in [1.82, 2.24) is 0 Å². The van der Waals surface area contributed by atoms with Gasteiger partial charge in [0.05, 0.1) is 9.90 Å². The molecule has 0 unspecified atom stereocenters. The van der Waals surface area contributed by atoms with Crippen LogP contribution in [-0.2, 0) is 0 Å². The zero-order valence-electron chi connectivity index (χ0n) is 12.9. The molecular weight excluding hydrogens is 358 g/mol. The van der Waals surface area contributed by atoms with Crippen LogP contribution in [0.1, 0.15) is 22.2 Å². The Hall–Kier alpha value is -1.88. The van der Waals surface area contributed by atoms with Crippen molar-refractivity contribution >= 4 is 52.4 Å². The Labute approximate surface area is 154 Å². The van der Waals surface area contributed by atoms with Crippen molar-refractivity contribution in [3.05, 3.63) is 76.1 Å². The highest BCUT2D eigenvalue weighted by Gasteiger charge is 2.02. The van der Waals surface area contributed by atoms with E-state index in [4.69, 9.17) is 11.6 Å². The minimum Gasteiger partial charge on any atom is -0.295 e. The van der Waals surface area contributed by atoms with E-state index in [1.54, 1.807) is 42.2 Å². The Balaban J connectivity index is 1.70. The van der Waals surface area contributed by atoms with Gasteiger partial charge in [0, 0.05) is 26.6 Å². The van der Waals surface area contributed by atoms with Crippen molar-refractivity contribution < 1.29 is 4.79 Å². The SMILES string of the molecule is CC(=O)c1cccc(N=Cc2ccc(Sc3ccc(Cl)cc3)s2)c1. The molecule has 0 amide bonds. The third-order valence-corrected chi connectivity index (χ3v) is 5.64. The Morgan fingerprint density at radius 2 is 1.92 bits per heavy atom. The highest BCUT2D eigenvalue weighted by atomic mass is 35.5. The summed E-state index contributed by atoms with van der Waals surface area (Å²) >= 11 is 9.28. The van der Waals surface area contributed by atoms with E-state index in [-0.39, 0.29) is 5.78 Å². The van der Waals surface area contributed by atoms with E-state index in [9.17, 15) is 4.79 Å². The number of thiophene rings is 1. The minimum absolute atomic E-state index is 0.0461. The number of rotatable bonds is 5. The lowest BCUT2D eigenvalue weighted by Gasteiger charge is -1.98. The third kappa shape index (κ3) is 4.57. The van der Waals surface area contributed by atoms with Gasteiger partial charge in [-0.15, -0.1) is 11.3 Å². The molecule has 3 aromatic rings. The van der Waals surface area contributed by atoms with E-state index in [0.717, 1.165) is 20.5 Å². The summed E-state index contributed by atoms with van der Waals surface area (Å²) in [6.45, 7) is 1.56. The summed E-state index contributed by atoms with van der Waals surface area (Å²) in [6, 6.07) is 19.3. The van der Waals surface area contributed by atoms with Crippen LogP contribution < -0.4 is 0 Å². The van der Waals surface area contributed by atoms with Gasteiger partial charge in [-0.25, -0.2) is 0 Å². The maximum Gasteiger partial charge on any atom is 0.159 e. The zero-order chi connectivity index (χ0) is 16.9. The first-order valence-electron chi connectivity index (χ1n) is 7.28. The van der Waals surface area contributed by atoms with Gasteiger partial charge in [0.2, 0.25) is 0 Å². The molecule has 0 aliphatic heterocycles. The van der Waals surface area contributed by atoms with E-state index >= 15 is 0 Å². The molecule has 0 aliphatic rings. The molecule has 120 valence electrons. The molecule has 0 fully saturated rings. The monoisotopic (exact) mass is 371 g/mol. The standard InChI is InChI=1S/C19H14ClNOS2/c1-13(22)14-3-2-4-16(11-14)21-12-18-9-10-19(24-18)23-17-7-5-15(20)6-8-17/h2-12H,1H3. The lowest BCUT2D eigenvalue weighted by molar-refractivity contribution is 0.101. The first kappa shape index (κ1) is 17.0. The number of halogens is 1. The van der Waals surface area contributed by atoms with Crippen molar-refractivity contribution in [2.24, 2.45) is 4.99 Å². The Morgan fingerprint density at radius 3 is 2.67 bits per heavy atom. The van der Waals surface area contributed by atoms with Gasteiger partial charge in [0.15, 0.2) is 5.78 Å². The number of ketones is 1. The summed E-state index contributed by atoms with van der Waals surface area (Å²) in [5.74, 6) is 0.0461. The fourth-order valence-electron chi connectivity index (χ4n) is 2.02. The zero-order valence-corrected chi connectivity index (χ0v) is 15.3. The molecule has 0 saturated carbocycles. The predicted molar refractivity (Wildman–Crippen MR) is 104 cm³/mol. The number of hydrogen-bond acceptors (Lipinski definition) is 4. The number of carbonyl (C=O) groups excluding carboxylic acids is 1. The van der Waals surface area contributed by atoms with Crippen LogP contribution in [0, 0.1) is 0 Å². The number of hydrogen-bond donors (Lipinski definition) is 0. The molecule has 2 nitrogen and oxygen atoms in total. The fraction of sp³-hybridized carbons (Fsp3) is 0.0526. The molecule has 0 atom stereocenters. The molecule has 5 heteroatoms. The average Bonchev–Trinajstić information content (AvgIpc) is 3.03. The van der Waals surface area contributed by atoms with Crippen molar-refractivity contribution in [2.75, 3.05) is 0 Å². The summed E-state index contributed by atoms with van der Waals surface area (Å²) in [7, 11) is 0. The van der Waals surface area contributed by atoms with E-state index in [0.29, 0.717) is 5.56 Å². The van der Waals surface area contributed by atoms with Crippen LogP contribution in [0.5, 0.6) is 0 Å². The molecule has 0 saturated heterocycles. The van der Waals surface area contributed by atoms with E-state index < -0.39 is 0 Å². The Morgan fingerprint density at radius 1 is 1.12 bits per heavy atom. The van der Waals surface area contributed by atoms with Gasteiger partial charge < -0.3 is 0 Å². The summed E-state index contributed by atoms with van der Waals surface area (Å²) in [5.41, 5.74) is 1.46. The summed E-state index contributed by atoms with van der Waals surface area (Å²) in [6.07, 6.45) is 1.83. The topological polar surface area (TPSA) is 29.4 Å². The van der Waals surface area contributed by atoms with Crippen molar-refractivity contribution in [2.45, 2.75) is 16.0 Å². The highest BCUT2D eigenvalue weighted by molar-refractivity contribution is 8.01. The Bertz CT molecular complexity index is 884. The molecule has 1 aromatic heterocycles. The van der Waals surface area contributed by atoms with Crippen LogP contribution in [0.25, 0.3) is 0 Å². The number of aliphatic imine (C=N–C) groups is 1. The van der Waals surface area contributed by atoms with Gasteiger partial charge in [-0.2, -0.15) is 0 Å². The van der Waals surface area contributed by atoms with Crippen molar-refractivity contribution in [3.63, 3.8) is 0 Å². The maximum atomic E-state index is 11.4. The average molecular weight is 372 g/mol. The van der Waals surface area contributed by atoms with Crippen LogP contribution in [-0.4, -0.2) is 12.0 Å². The van der Waals surface area contributed by atoms with Crippen LogP contribution in [0.15, 0.2) is 74.8 Å². The number of benzene rings is 2. The van der Waals surface area contributed by atoms with E-state index in [1.807, 2.05) is 48.7 Å². The summed E-state index contributed by atoms with van der Waals surface area (Å²) < 4.78 is 1.19. The van der Waals surface area contributed by atoms with Crippen molar-refractivity contribution in [3.8, 4) is 0 Å². The van der Waals surface area contributed by atoms with Gasteiger partial charge in [0.25, 0.3) is 0 Å². The molecule has 24 heavy (non-hydrogen) atoms. The minimum atomic E-state index is 0.0461. The van der Waals surface area contributed by atoms with E-state index in [1.165, 1.54) is 4.21 Å². The van der Waals surface area contributed by atoms with Crippen LogP contribution in [0.3, 0.4) is 0 Å². The van der Waals surface area contributed by atoms with Gasteiger partial charge in [-0.3, -0.25) is 9.79 Å². The van der Waals surface area contributed by atoms with E-state index in [2.05, 4.69) is 11.1 Å². The predicted octanol–water partition coefficient (Wildman–Crippen LogP) is 6.51. The third-order valence-electron chi connectivity index (χ3n) is 3.23.